The number of carboxylic acid groups (broad SMARTS) is 1. The first-order valence-electron chi connectivity index (χ1n) is 22.1. The van der Waals surface area contributed by atoms with Crippen molar-refractivity contribution in [3.8, 4) is 11.5 Å². The molecule has 2 amide bonds. The number of hydrogen-bond acceptors (Lipinski definition) is 13. The Bertz CT molecular complexity index is 1870. The summed E-state index contributed by atoms with van der Waals surface area (Å²) in [5, 5.41) is 13.9. The Morgan fingerprint density at radius 3 is 1.97 bits per heavy atom. The summed E-state index contributed by atoms with van der Waals surface area (Å²) in [6, 6.07) is 15.6. The van der Waals surface area contributed by atoms with Gasteiger partial charge in [-0.3, -0.25) is 14.4 Å². The van der Waals surface area contributed by atoms with Gasteiger partial charge in [0.25, 0.3) is 5.91 Å². The average molecular weight is 931 g/mol. The standard InChI is InChI=1S/C46H65FN4O11S.C2H6/c1-44(2,3)62-43(56)46(6,7)32-45(4,5)19-9-8-10-33-28-36(14-17-38(33)47)61-35-12-15-37(16-13-35)63-51-39-18-11-34(29-50-39)42(55)49-21-23-58-24-26-59-30-40(52)48-20-22-57-25-27-60-31-41(53)54;1-2/h11-18,28-29H,8-10,19-27,30-32H2,1-7H3,(H,48,52)(H,49,55)(H,50,51)(H,53,54);1-2H3. The molecule has 0 atom stereocenters. The van der Waals surface area contributed by atoms with Crippen LogP contribution in [0, 0.1) is 16.6 Å². The third-order valence-corrected chi connectivity index (χ3v) is 9.92. The van der Waals surface area contributed by atoms with Crippen LogP contribution in [-0.4, -0.2) is 105 Å². The number of benzene rings is 2. The number of ether oxygens (including phenoxy) is 6. The highest BCUT2D eigenvalue weighted by Crippen LogP contribution is 2.39. The largest absolute Gasteiger partial charge is 0.480 e. The maximum atomic E-state index is 14.8. The first kappa shape index (κ1) is 56.3. The highest BCUT2D eigenvalue weighted by atomic mass is 32.2. The van der Waals surface area contributed by atoms with Gasteiger partial charge in [0.2, 0.25) is 5.91 Å². The number of unbranched alkanes of at least 4 members (excludes halogenated alkanes) is 1. The van der Waals surface area contributed by atoms with Crippen molar-refractivity contribution in [3.05, 3.63) is 77.7 Å². The van der Waals surface area contributed by atoms with Crippen molar-refractivity contribution in [1.82, 2.24) is 15.6 Å². The molecule has 0 radical (unpaired) electrons. The Labute approximate surface area is 388 Å². The number of esters is 1. The number of carbonyl (C=O) groups excluding carboxylic acids is 3. The van der Waals surface area contributed by atoms with Crippen LogP contribution in [0.5, 0.6) is 11.5 Å². The second kappa shape index (κ2) is 29.7. The van der Waals surface area contributed by atoms with Crippen LogP contribution in [-0.2, 0) is 44.5 Å². The van der Waals surface area contributed by atoms with Crippen LogP contribution in [0.4, 0.5) is 10.2 Å². The van der Waals surface area contributed by atoms with Gasteiger partial charge < -0.3 is 48.9 Å². The number of hydrogen-bond donors (Lipinski definition) is 4. The van der Waals surface area contributed by atoms with Crippen molar-refractivity contribution in [2.45, 2.75) is 105 Å². The Balaban J connectivity index is 0.00000715. The van der Waals surface area contributed by atoms with Crippen molar-refractivity contribution in [2.24, 2.45) is 10.8 Å². The van der Waals surface area contributed by atoms with Crippen LogP contribution in [0.3, 0.4) is 0 Å². The maximum Gasteiger partial charge on any atom is 0.329 e. The van der Waals surface area contributed by atoms with Gasteiger partial charge in [-0.05, 0) is 138 Å². The minimum atomic E-state index is -1.05. The number of carboxylic acids is 1. The van der Waals surface area contributed by atoms with Crippen molar-refractivity contribution < 1.29 is 57.1 Å². The molecule has 0 saturated heterocycles. The number of halogens is 1. The highest BCUT2D eigenvalue weighted by Gasteiger charge is 2.37. The van der Waals surface area contributed by atoms with Crippen LogP contribution in [0.15, 0.2) is 65.7 Å². The normalized spacial score (nSPS) is 11.5. The monoisotopic (exact) mass is 930 g/mol. The van der Waals surface area contributed by atoms with Gasteiger partial charge in [0, 0.05) is 24.2 Å². The molecule has 0 aliphatic carbocycles. The van der Waals surface area contributed by atoms with E-state index in [-0.39, 0.29) is 95.0 Å². The van der Waals surface area contributed by atoms with E-state index in [0.29, 0.717) is 41.3 Å². The van der Waals surface area contributed by atoms with Crippen LogP contribution in [0.25, 0.3) is 0 Å². The summed E-state index contributed by atoms with van der Waals surface area (Å²) < 4.78 is 50.4. The summed E-state index contributed by atoms with van der Waals surface area (Å²) in [7, 11) is 0. The summed E-state index contributed by atoms with van der Waals surface area (Å²) in [5.74, 6) is -0.379. The van der Waals surface area contributed by atoms with Gasteiger partial charge in [0.05, 0.1) is 50.6 Å². The van der Waals surface area contributed by atoms with Gasteiger partial charge in [-0.2, -0.15) is 0 Å². The third kappa shape index (κ3) is 24.9. The SMILES string of the molecule is CC.CC(C)(CCCCc1cc(Oc2ccc(SNc3ccc(C(=O)NCCOCCOCC(=O)NCCOCCOCC(=O)O)cn3)cc2)ccc1F)CC(C)(C)C(=O)OC(C)(C)C. The van der Waals surface area contributed by atoms with Crippen molar-refractivity contribution in [1.29, 1.82) is 0 Å². The molecule has 65 heavy (non-hydrogen) atoms. The number of aryl methyl sites for hydroxylation is 1. The molecule has 1 aromatic heterocycles. The molecule has 0 bridgehead atoms. The second-order valence-electron chi connectivity index (χ2n) is 17.2. The Kier molecular flexibility index (Phi) is 25.7. The van der Waals surface area contributed by atoms with Crippen molar-refractivity contribution in [2.75, 3.05) is 70.7 Å². The van der Waals surface area contributed by atoms with E-state index < -0.39 is 17.0 Å². The van der Waals surface area contributed by atoms with Gasteiger partial charge in [-0.15, -0.1) is 0 Å². The van der Waals surface area contributed by atoms with Crippen LogP contribution in [0.2, 0.25) is 0 Å². The van der Waals surface area contributed by atoms with E-state index in [0.717, 1.165) is 24.2 Å². The summed E-state index contributed by atoms with van der Waals surface area (Å²) in [6.45, 7) is 19.2. The van der Waals surface area contributed by atoms with E-state index in [9.17, 15) is 23.6 Å². The highest BCUT2D eigenvalue weighted by molar-refractivity contribution is 8.00. The molecule has 4 N–H and O–H groups in total. The predicted molar refractivity (Wildman–Crippen MR) is 250 cm³/mol. The topological polar surface area (TPSA) is 193 Å². The molecule has 0 unspecified atom stereocenters. The molecular weight excluding hydrogens is 860 g/mol. The number of anilines is 1. The Morgan fingerprint density at radius 2 is 1.35 bits per heavy atom. The lowest BCUT2D eigenvalue weighted by molar-refractivity contribution is -0.167. The smallest absolute Gasteiger partial charge is 0.329 e. The van der Waals surface area contributed by atoms with Crippen LogP contribution in [0.1, 0.15) is 104 Å². The first-order chi connectivity index (χ1) is 30.8. The van der Waals surface area contributed by atoms with Crippen LogP contribution >= 0.6 is 11.9 Å². The number of aromatic nitrogens is 1. The fourth-order valence-corrected chi connectivity index (χ4v) is 6.94. The fourth-order valence-electron chi connectivity index (χ4n) is 6.33. The van der Waals surface area contributed by atoms with Gasteiger partial charge in [-0.25, -0.2) is 14.2 Å². The van der Waals surface area contributed by atoms with E-state index in [1.165, 1.54) is 24.2 Å². The minimum absolute atomic E-state index is 0.0856. The lowest BCUT2D eigenvalue weighted by atomic mass is 9.72. The molecule has 2 aromatic carbocycles. The molecule has 0 aliphatic heterocycles. The molecule has 362 valence electrons. The van der Waals surface area contributed by atoms with E-state index in [1.54, 1.807) is 24.3 Å². The zero-order chi connectivity index (χ0) is 48.3. The number of rotatable bonds is 30. The molecular formula is C48H71FN4O11S. The summed E-state index contributed by atoms with van der Waals surface area (Å²) in [5.41, 5.74) is -0.234. The van der Waals surface area contributed by atoms with Gasteiger partial charge in [0.1, 0.15) is 41.9 Å². The number of amides is 2. The predicted octanol–water partition coefficient (Wildman–Crippen LogP) is 8.65. The van der Waals surface area contributed by atoms with E-state index in [1.807, 2.05) is 72.7 Å². The second-order valence-corrected chi connectivity index (χ2v) is 18.1. The molecule has 0 aliphatic rings. The zero-order valence-corrected chi connectivity index (χ0v) is 40.5. The summed E-state index contributed by atoms with van der Waals surface area (Å²) >= 11 is 1.35. The molecule has 1 heterocycles. The number of nitrogens with zero attached hydrogens (tertiary/aromatic N) is 1. The quantitative estimate of drug-likeness (QED) is 0.0282. The zero-order valence-electron chi connectivity index (χ0n) is 39.6. The molecule has 3 aromatic rings. The molecule has 3 rings (SSSR count). The first-order valence-corrected chi connectivity index (χ1v) is 22.9. The number of aliphatic carboxylic acids is 1. The van der Waals surface area contributed by atoms with E-state index >= 15 is 0 Å². The summed E-state index contributed by atoms with van der Waals surface area (Å²) in [4.78, 5) is 52.7. The van der Waals surface area contributed by atoms with E-state index in [4.69, 9.17) is 33.5 Å². The number of nitrogens with one attached hydrogen (secondary N) is 3. The minimum Gasteiger partial charge on any atom is -0.480 e. The van der Waals surface area contributed by atoms with E-state index in [2.05, 4.69) is 34.2 Å². The fraction of sp³-hybridized carbons (Fsp3) is 0.562. The molecule has 0 saturated carbocycles. The molecule has 17 heteroatoms. The lowest BCUT2D eigenvalue weighted by Gasteiger charge is -2.35. The lowest BCUT2D eigenvalue weighted by Crippen LogP contribution is -2.36. The van der Waals surface area contributed by atoms with Crippen molar-refractivity contribution in [3.63, 3.8) is 0 Å². The third-order valence-electron chi connectivity index (χ3n) is 9.10. The average Bonchev–Trinajstić information content (AvgIpc) is 3.24. The Morgan fingerprint density at radius 1 is 0.738 bits per heavy atom. The summed E-state index contributed by atoms with van der Waals surface area (Å²) in [6.07, 6.45) is 5.34. The van der Waals surface area contributed by atoms with Gasteiger partial charge in [-0.1, -0.05) is 34.1 Å². The molecule has 0 fully saturated rings. The van der Waals surface area contributed by atoms with Crippen LogP contribution < -0.4 is 20.1 Å². The number of pyridine rings is 1. The van der Waals surface area contributed by atoms with Gasteiger partial charge in [0.15, 0.2) is 0 Å². The van der Waals surface area contributed by atoms with Crippen molar-refractivity contribution >= 4 is 41.5 Å². The molecule has 0 spiro atoms. The number of carbonyl (C=O) groups is 4. The maximum absolute atomic E-state index is 14.8. The van der Waals surface area contributed by atoms with Gasteiger partial charge >= 0.3 is 11.9 Å². The molecule has 15 nitrogen and oxygen atoms in total. The Hall–Kier alpha value is -4.81.